The molecular weight excluding hydrogens is 448 g/mol. The predicted octanol–water partition coefficient (Wildman–Crippen LogP) is 1.29. The molecule has 170 valence electrons. The first-order valence-corrected chi connectivity index (χ1v) is 13.0. The average molecular weight is 475 g/mol. The first-order valence-electron chi connectivity index (χ1n) is 10.7. The van der Waals surface area contributed by atoms with Gasteiger partial charge in [0.15, 0.2) is 11.6 Å². The van der Waals surface area contributed by atoms with Crippen LogP contribution in [0.15, 0.2) is 29.2 Å². The molecule has 0 bridgehead atoms. The Morgan fingerprint density at radius 1 is 1.12 bits per heavy atom. The van der Waals surface area contributed by atoms with Crippen molar-refractivity contribution in [1.82, 2.24) is 24.2 Å². The summed E-state index contributed by atoms with van der Waals surface area (Å²) >= 11 is 1.74. The van der Waals surface area contributed by atoms with Crippen molar-refractivity contribution in [1.29, 1.82) is 0 Å². The molecule has 1 N–H and O–H groups in total. The normalized spacial score (nSPS) is 19.5. The van der Waals surface area contributed by atoms with E-state index in [-0.39, 0.29) is 5.56 Å². The van der Waals surface area contributed by atoms with Gasteiger partial charge in [-0.15, -0.1) is 11.3 Å². The molecule has 2 aliphatic heterocycles. The second-order valence-corrected chi connectivity index (χ2v) is 10.5. The van der Waals surface area contributed by atoms with Crippen LogP contribution >= 0.6 is 11.3 Å². The second-order valence-electron chi connectivity index (χ2n) is 7.97. The second kappa shape index (κ2) is 9.36. The zero-order valence-corrected chi connectivity index (χ0v) is 19.6. The summed E-state index contributed by atoms with van der Waals surface area (Å²) < 4.78 is 20.3. The van der Waals surface area contributed by atoms with Crippen LogP contribution in [0.4, 0.5) is 5.82 Å². The lowest BCUT2D eigenvalue weighted by atomic mass is 10.2. The smallest absolute Gasteiger partial charge is 0.247 e. The number of ether oxygens (including phenoxy) is 1. The van der Waals surface area contributed by atoms with E-state index >= 15 is 0 Å². The minimum absolute atomic E-state index is 0.145. The molecule has 0 amide bonds. The van der Waals surface area contributed by atoms with Gasteiger partial charge in [0.05, 0.1) is 34.4 Å². The summed E-state index contributed by atoms with van der Waals surface area (Å²) in [6.07, 6.45) is 3.41. The van der Waals surface area contributed by atoms with Crippen LogP contribution in [0.3, 0.4) is 0 Å². The number of hydrogen-bond donors (Lipinski definition) is 1. The fraction of sp³-hybridized carbons (Fsp3) is 0.476. The number of aromatic nitrogens is 3. The largest absolute Gasteiger partial charge is 0.378 e. The molecule has 32 heavy (non-hydrogen) atoms. The van der Waals surface area contributed by atoms with E-state index in [1.807, 2.05) is 4.31 Å². The Morgan fingerprint density at radius 3 is 2.59 bits per heavy atom. The molecule has 2 fully saturated rings. The lowest BCUT2D eigenvalue weighted by molar-refractivity contribution is 0.122. The lowest BCUT2D eigenvalue weighted by Crippen LogP contribution is -2.46. The fourth-order valence-corrected chi connectivity index (χ4v) is 5.91. The summed E-state index contributed by atoms with van der Waals surface area (Å²) in [6, 6.07) is 5.41. The zero-order valence-electron chi connectivity index (χ0n) is 18.0. The van der Waals surface area contributed by atoms with Gasteiger partial charge in [0.2, 0.25) is 5.56 Å². The van der Waals surface area contributed by atoms with Crippen molar-refractivity contribution in [2.24, 2.45) is 0 Å². The zero-order chi connectivity index (χ0) is 22.1. The van der Waals surface area contributed by atoms with Crippen LogP contribution in [0.2, 0.25) is 0 Å². The predicted molar refractivity (Wildman–Crippen MR) is 127 cm³/mol. The van der Waals surface area contributed by atoms with E-state index in [1.165, 1.54) is 10.9 Å². The molecule has 0 aliphatic carbocycles. The highest BCUT2D eigenvalue weighted by Gasteiger charge is 2.23. The summed E-state index contributed by atoms with van der Waals surface area (Å²) in [4.78, 5) is 29.9. The molecule has 0 aromatic carbocycles. The maximum atomic E-state index is 11.7. The molecule has 0 saturated carbocycles. The van der Waals surface area contributed by atoms with Gasteiger partial charge in [0.1, 0.15) is 0 Å². The van der Waals surface area contributed by atoms with Gasteiger partial charge >= 0.3 is 0 Å². The van der Waals surface area contributed by atoms with Crippen LogP contribution < -0.4 is 10.5 Å². The van der Waals surface area contributed by atoms with Crippen molar-refractivity contribution in [2.75, 3.05) is 63.6 Å². The summed E-state index contributed by atoms with van der Waals surface area (Å²) in [6.45, 7) is 7.24. The minimum Gasteiger partial charge on any atom is -0.378 e. The third kappa shape index (κ3) is 4.62. The van der Waals surface area contributed by atoms with Gasteiger partial charge in [-0.3, -0.25) is 9.69 Å². The summed E-state index contributed by atoms with van der Waals surface area (Å²) in [5.74, 6) is 1.54. The maximum Gasteiger partial charge on any atom is 0.247 e. The monoisotopic (exact) mass is 474 g/mol. The molecule has 5 rings (SSSR count). The van der Waals surface area contributed by atoms with E-state index < -0.39 is 11.0 Å². The van der Waals surface area contributed by atoms with Crippen molar-refractivity contribution >= 4 is 38.4 Å². The van der Waals surface area contributed by atoms with Crippen molar-refractivity contribution in [2.45, 2.75) is 6.54 Å². The molecule has 5 heterocycles. The van der Waals surface area contributed by atoms with Crippen molar-refractivity contribution in [3.63, 3.8) is 0 Å². The number of H-pyrrole nitrogens is 1. The molecule has 11 heteroatoms. The molecule has 3 aromatic heterocycles. The number of nitrogens with zero attached hydrogens (tertiary/aromatic N) is 5. The quantitative estimate of drug-likeness (QED) is 0.596. The summed E-state index contributed by atoms with van der Waals surface area (Å²) in [5, 5.41) is 0. The summed E-state index contributed by atoms with van der Waals surface area (Å²) in [5.41, 5.74) is 1.57. The Morgan fingerprint density at radius 2 is 1.91 bits per heavy atom. The van der Waals surface area contributed by atoms with Crippen LogP contribution in [0.25, 0.3) is 21.6 Å². The number of aromatic amines is 1. The average Bonchev–Trinajstić information content (AvgIpc) is 3.22. The van der Waals surface area contributed by atoms with Crippen molar-refractivity contribution in [3.8, 4) is 11.4 Å². The molecule has 1 unspecified atom stereocenters. The van der Waals surface area contributed by atoms with Gasteiger partial charge in [0.25, 0.3) is 0 Å². The fourth-order valence-electron chi connectivity index (χ4n) is 4.08. The highest BCUT2D eigenvalue weighted by atomic mass is 32.2. The van der Waals surface area contributed by atoms with E-state index in [9.17, 15) is 9.00 Å². The molecule has 9 nitrogen and oxygen atoms in total. The Bertz CT molecular complexity index is 1160. The van der Waals surface area contributed by atoms with Crippen LogP contribution in [-0.2, 0) is 22.3 Å². The third-order valence-corrected chi connectivity index (χ3v) is 8.03. The van der Waals surface area contributed by atoms with Crippen molar-refractivity contribution < 1.29 is 8.95 Å². The van der Waals surface area contributed by atoms with Crippen LogP contribution in [0, 0.1) is 0 Å². The van der Waals surface area contributed by atoms with E-state index in [2.05, 4.69) is 20.9 Å². The number of thiophene rings is 1. The number of pyridine rings is 1. The number of anilines is 1. The highest BCUT2D eigenvalue weighted by molar-refractivity contribution is 7.81. The molecule has 2 saturated heterocycles. The Labute approximate surface area is 192 Å². The topological polar surface area (TPSA) is 94.7 Å². The van der Waals surface area contributed by atoms with Gasteiger partial charge in [-0.05, 0) is 12.1 Å². The Hall–Kier alpha value is -2.18. The Balaban J connectivity index is 1.47. The number of rotatable bonds is 5. The minimum atomic E-state index is -0.901. The van der Waals surface area contributed by atoms with Crippen LogP contribution in [0.1, 0.15) is 4.88 Å². The molecule has 1 atom stereocenters. The van der Waals surface area contributed by atoms with E-state index in [0.29, 0.717) is 19.0 Å². The number of fused-ring (bicyclic) bond motifs is 1. The molecular formula is C21H26N6O3S2. The van der Waals surface area contributed by atoms with E-state index in [0.717, 1.165) is 67.4 Å². The summed E-state index contributed by atoms with van der Waals surface area (Å²) in [7, 11) is -0.901. The molecule has 0 radical (unpaired) electrons. The van der Waals surface area contributed by atoms with Gasteiger partial charge in [-0.1, -0.05) is 0 Å². The molecule has 0 spiro atoms. The number of hydrogen-bond acceptors (Lipinski definition) is 8. The lowest BCUT2D eigenvalue weighted by Gasteiger charge is -2.32. The maximum absolute atomic E-state index is 11.7. The molecule has 2 aliphatic rings. The van der Waals surface area contributed by atoms with Gasteiger partial charge in [-0.2, -0.15) is 0 Å². The number of nitrogens with one attached hydrogen (secondary N) is 1. The standard InChI is InChI=1S/C21H26N6O3S2/c1-32(29)27-6-4-25(5-7-27)14-16-12-17-19(31-16)21(26-8-10-30-11-9-26)24-20(23-17)15-2-3-18(28)22-13-15/h2-3,12-13H,4-11,14H2,1H3,(H,22,28). The SMILES string of the molecule is CS(=O)N1CCN(Cc2cc3nc(-c4ccc(=O)[nH]c4)nc(N4CCOCC4)c3s2)CC1. The number of piperazine rings is 1. The van der Waals surface area contributed by atoms with Crippen LogP contribution in [0.5, 0.6) is 0 Å². The molecule has 3 aromatic rings. The third-order valence-electron chi connectivity index (χ3n) is 5.83. The highest BCUT2D eigenvalue weighted by Crippen LogP contribution is 2.35. The first kappa shape index (κ1) is 21.7. The van der Waals surface area contributed by atoms with Gasteiger partial charge in [-0.25, -0.2) is 18.5 Å². The van der Waals surface area contributed by atoms with E-state index in [1.54, 1.807) is 29.9 Å². The van der Waals surface area contributed by atoms with Crippen LogP contribution in [-0.4, -0.2) is 87.1 Å². The Kier molecular flexibility index (Phi) is 6.33. The van der Waals surface area contributed by atoms with Gasteiger partial charge < -0.3 is 14.6 Å². The van der Waals surface area contributed by atoms with Crippen molar-refractivity contribution in [3.05, 3.63) is 39.6 Å². The first-order chi connectivity index (χ1) is 15.6. The van der Waals surface area contributed by atoms with Gasteiger partial charge in [0, 0.05) is 74.8 Å². The number of morpholine rings is 1. The van der Waals surface area contributed by atoms with E-state index in [4.69, 9.17) is 14.7 Å².